The van der Waals surface area contributed by atoms with Crippen molar-refractivity contribution in [3.63, 3.8) is 0 Å². The van der Waals surface area contributed by atoms with Crippen LogP contribution in [-0.4, -0.2) is 35.7 Å². The van der Waals surface area contributed by atoms with Crippen molar-refractivity contribution in [1.29, 1.82) is 0 Å². The highest BCUT2D eigenvalue weighted by atomic mass is 35.5. The molecule has 0 aromatic heterocycles. The lowest BCUT2D eigenvalue weighted by atomic mass is 9.80. The van der Waals surface area contributed by atoms with E-state index in [0.29, 0.717) is 40.5 Å². The lowest BCUT2D eigenvalue weighted by Crippen LogP contribution is -2.49. The number of carbonyl (C=O) groups is 1. The Morgan fingerprint density at radius 2 is 1.66 bits per heavy atom. The zero-order valence-electron chi connectivity index (χ0n) is 25.2. The smallest absolute Gasteiger partial charge is 0.252 e. The van der Waals surface area contributed by atoms with Crippen LogP contribution < -0.4 is 10.1 Å². The Bertz CT molecular complexity index is 1860. The Kier molecular flexibility index (Phi) is 11.0. The highest BCUT2D eigenvalue weighted by molar-refractivity contribution is 6.31. The summed E-state index contributed by atoms with van der Waals surface area (Å²) < 4.78 is 12.3. The summed E-state index contributed by atoms with van der Waals surface area (Å²) in [4.78, 5) is 25.6. The number of aliphatic imine (C=N–C) groups is 1. The fourth-order valence-corrected chi connectivity index (χ4v) is 5.56. The van der Waals surface area contributed by atoms with Crippen LogP contribution in [0.4, 0.5) is 5.69 Å². The Morgan fingerprint density at radius 1 is 0.957 bits per heavy atom. The second-order valence-corrected chi connectivity index (χ2v) is 11.1. The number of aliphatic hydroxyl groups excluding tert-OH is 1. The van der Waals surface area contributed by atoms with Crippen LogP contribution in [0.1, 0.15) is 40.3 Å². The molecule has 0 saturated carbocycles. The van der Waals surface area contributed by atoms with Crippen molar-refractivity contribution >= 4 is 29.1 Å². The number of benzene rings is 4. The van der Waals surface area contributed by atoms with E-state index in [4.69, 9.17) is 36.7 Å². The molecule has 0 radical (unpaired) electrons. The molecule has 2 N–H and O–H groups in total. The first-order valence-corrected chi connectivity index (χ1v) is 15.2. The second-order valence-electron chi connectivity index (χ2n) is 10.6. The van der Waals surface area contributed by atoms with Crippen LogP contribution in [0.15, 0.2) is 112 Å². The number of halogens is 1. The molecule has 0 unspecified atom stereocenters. The number of rotatable bonds is 14. The second kappa shape index (κ2) is 15.7. The molecule has 5 rings (SSSR count). The van der Waals surface area contributed by atoms with Crippen LogP contribution in [0.2, 0.25) is 5.02 Å². The summed E-state index contributed by atoms with van der Waals surface area (Å²) in [5, 5.41) is 20.3. The maximum absolute atomic E-state index is 14.6. The van der Waals surface area contributed by atoms with Crippen molar-refractivity contribution in [2.45, 2.75) is 37.6 Å². The van der Waals surface area contributed by atoms with Crippen molar-refractivity contribution < 1.29 is 19.4 Å². The molecule has 1 aliphatic rings. The third kappa shape index (κ3) is 7.66. The lowest BCUT2D eigenvalue weighted by Gasteiger charge is -2.32. The number of carbonyl (C=O) groups excluding carboxylic acids is 1. The molecule has 13 heteroatoms. The van der Waals surface area contributed by atoms with E-state index in [1.807, 2.05) is 42.5 Å². The van der Waals surface area contributed by atoms with Gasteiger partial charge in [-0.25, -0.2) is 4.99 Å². The Labute approximate surface area is 275 Å². The van der Waals surface area contributed by atoms with Crippen molar-refractivity contribution in [2.24, 2.45) is 15.2 Å². The molecule has 1 amide bonds. The predicted octanol–water partition coefficient (Wildman–Crippen LogP) is 7.67. The van der Waals surface area contributed by atoms with Gasteiger partial charge in [0.2, 0.25) is 5.90 Å². The Morgan fingerprint density at radius 3 is 2.38 bits per heavy atom. The molecule has 2 atom stereocenters. The van der Waals surface area contributed by atoms with Gasteiger partial charge in [0.1, 0.15) is 5.75 Å². The van der Waals surface area contributed by atoms with Gasteiger partial charge in [0.15, 0.2) is 11.6 Å². The van der Waals surface area contributed by atoms with Gasteiger partial charge in [0, 0.05) is 57.7 Å². The van der Waals surface area contributed by atoms with Gasteiger partial charge < -0.3 is 19.9 Å². The molecule has 0 aliphatic carbocycles. The first-order chi connectivity index (χ1) is 23.0. The SMILES string of the molecule is [N-]=[N+]=NCc1ccccc1C[C@@]1(C(=O)NCc2ccccc2Cl)N=C(c2ccc(OCCCO)cc2)O[C@@H]1c1ccccc1N=[N+]=[N-]. The van der Waals surface area contributed by atoms with Gasteiger partial charge >= 0.3 is 0 Å². The van der Waals surface area contributed by atoms with E-state index in [9.17, 15) is 10.3 Å². The van der Waals surface area contributed by atoms with Gasteiger partial charge in [-0.15, -0.1) is 0 Å². The largest absolute Gasteiger partial charge is 0.494 e. The van der Waals surface area contributed by atoms with Crippen LogP contribution in [0.3, 0.4) is 0 Å². The van der Waals surface area contributed by atoms with Gasteiger partial charge in [-0.3, -0.25) is 4.79 Å². The van der Waals surface area contributed by atoms with Crippen LogP contribution in [0, 0.1) is 0 Å². The number of hydrogen-bond acceptors (Lipinski definition) is 7. The fourth-order valence-electron chi connectivity index (χ4n) is 5.36. The Balaban J connectivity index is 1.65. The van der Waals surface area contributed by atoms with Crippen LogP contribution in [-0.2, 0) is 29.0 Å². The molecule has 4 aromatic carbocycles. The third-order valence-electron chi connectivity index (χ3n) is 7.68. The van der Waals surface area contributed by atoms with Crippen molar-refractivity contribution in [2.75, 3.05) is 13.2 Å². The van der Waals surface area contributed by atoms with E-state index < -0.39 is 17.6 Å². The Hall–Kier alpha value is -5.51. The number of hydrogen-bond donors (Lipinski definition) is 2. The van der Waals surface area contributed by atoms with E-state index >= 15 is 0 Å². The van der Waals surface area contributed by atoms with Crippen LogP contribution in [0.5, 0.6) is 5.75 Å². The van der Waals surface area contributed by atoms with E-state index in [0.717, 1.165) is 11.1 Å². The van der Waals surface area contributed by atoms with Crippen molar-refractivity contribution in [3.8, 4) is 5.75 Å². The minimum absolute atomic E-state index is 0.0219. The molecule has 0 saturated heterocycles. The molecule has 0 bridgehead atoms. The summed E-state index contributed by atoms with van der Waals surface area (Å²) >= 11 is 6.42. The summed E-state index contributed by atoms with van der Waals surface area (Å²) in [5.74, 6) is 0.352. The minimum atomic E-state index is -1.61. The molecule has 0 spiro atoms. The molecular weight excluding hydrogens is 620 g/mol. The molecule has 1 heterocycles. The zero-order chi connectivity index (χ0) is 33.1. The zero-order valence-corrected chi connectivity index (χ0v) is 26.0. The fraction of sp³-hybridized carbons (Fsp3) is 0.235. The highest BCUT2D eigenvalue weighted by Gasteiger charge is 2.54. The molecule has 238 valence electrons. The molecule has 12 nitrogen and oxygen atoms in total. The van der Waals surface area contributed by atoms with E-state index in [1.54, 1.807) is 54.6 Å². The monoisotopic (exact) mass is 650 g/mol. The molecule has 1 aliphatic heterocycles. The first-order valence-electron chi connectivity index (χ1n) is 14.8. The van der Waals surface area contributed by atoms with Gasteiger partial charge in [-0.2, -0.15) is 0 Å². The minimum Gasteiger partial charge on any atom is -0.494 e. The molecule has 47 heavy (non-hydrogen) atoms. The van der Waals surface area contributed by atoms with Gasteiger partial charge in [-0.05, 0) is 58.1 Å². The van der Waals surface area contributed by atoms with Gasteiger partial charge in [0.05, 0.1) is 13.2 Å². The van der Waals surface area contributed by atoms with Crippen LogP contribution >= 0.6 is 11.6 Å². The topological polar surface area (TPSA) is 178 Å². The highest BCUT2D eigenvalue weighted by Crippen LogP contribution is 2.46. The van der Waals surface area contributed by atoms with E-state index in [-0.39, 0.29) is 37.7 Å². The standard InChI is InChI=1S/C34H31ClN8O4/c35-29-12-5-3-10-26(29)21-38-33(45)34(20-24-8-1-2-9-25(24)22-39-42-36)31(28-11-4-6-13-30(28)41-43-37)47-32(40-34)23-14-16-27(17-15-23)46-19-7-18-44/h1-6,8-17,31,44H,7,18-22H2,(H,38,45)/t31-,34-/m1/s1. The summed E-state index contributed by atoms with van der Waals surface area (Å²) in [6.45, 7) is 0.568. The summed E-state index contributed by atoms with van der Waals surface area (Å²) in [7, 11) is 0. The molecule has 4 aromatic rings. The third-order valence-corrected chi connectivity index (χ3v) is 8.05. The summed E-state index contributed by atoms with van der Waals surface area (Å²) in [5.41, 5.74) is 20.3. The normalized spacial score (nSPS) is 16.6. The maximum Gasteiger partial charge on any atom is 0.252 e. The van der Waals surface area contributed by atoms with Crippen molar-refractivity contribution in [1.82, 2.24) is 5.32 Å². The summed E-state index contributed by atoms with van der Waals surface area (Å²) in [6, 6.07) is 28.5. The first kappa shape index (κ1) is 32.9. The van der Waals surface area contributed by atoms with Gasteiger partial charge in [-0.1, -0.05) is 88.6 Å². The molecular formula is C34H31ClN8O4. The van der Waals surface area contributed by atoms with Crippen LogP contribution in [0.25, 0.3) is 20.9 Å². The quantitative estimate of drug-likeness (QED) is 0.0616. The maximum atomic E-state index is 14.6. The average Bonchev–Trinajstić information content (AvgIpc) is 3.48. The van der Waals surface area contributed by atoms with Crippen molar-refractivity contribution in [3.05, 3.63) is 151 Å². The van der Waals surface area contributed by atoms with E-state index in [2.05, 4.69) is 25.4 Å². The number of azide groups is 2. The summed E-state index contributed by atoms with van der Waals surface area (Å²) in [6.07, 6.45) is -0.477. The van der Waals surface area contributed by atoms with Gasteiger partial charge in [0.25, 0.3) is 5.91 Å². The molecule has 0 fully saturated rings. The number of amides is 1. The number of aliphatic hydroxyl groups is 1. The number of nitrogens with one attached hydrogen (secondary N) is 1. The number of nitrogens with zero attached hydrogens (tertiary/aromatic N) is 7. The van der Waals surface area contributed by atoms with E-state index in [1.165, 1.54) is 0 Å². The predicted molar refractivity (Wildman–Crippen MR) is 178 cm³/mol. The number of ether oxygens (including phenoxy) is 2. The lowest BCUT2D eigenvalue weighted by molar-refractivity contribution is -0.129. The average molecular weight is 651 g/mol.